The molecule has 0 saturated carbocycles. The van der Waals surface area contributed by atoms with Gasteiger partial charge in [0, 0.05) is 11.8 Å². The largest absolute Gasteiger partial charge is 0.497 e. The highest BCUT2D eigenvalue weighted by Crippen LogP contribution is 2.18. The summed E-state index contributed by atoms with van der Waals surface area (Å²) in [6.07, 6.45) is 0. The molecule has 1 unspecified atom stereocenters. The van der Waals surface area contributed by atoms with Gasteiger partial charge in [0.15, 0.2) is 6.54 Å². The summed E-state index contributed by atoms with van der Waals surface area (Å²) in [5.41, 5.74) is 1.43. The van der Waals surface area contributed by atoms with Gasteiger partial charge < -0.3 is 19.7 Å². The lowest BCUT2D eigenvalue weighted by atomic mass is 10.1. The van der Waals surface area contributed by atoms with E-state index in [1.54, 1.807) is 26.4 Å². The van der Waals surface area contributed by atoms with Gasteiger partial charge in [0.1, 0.15) is 23.9 Å². The van der Waals surface area contributed by atoms with Crippen molar-refractivity contribution in [1.82, 2.24) is 0 Å². The Hall–Kier alpha value is -2.60. The Morgan fingerprint density at radius 2 is 1.96 bits per heavy atom. The Bertz CT molecular complexity index is 722. The quantitative estimate of drug-likeness (QED) is 0.767. The van der Waals surface area contributed by atoms with Crippen LogP contribution in [-0.2, 0) is 11.3 Å². The molecule has 2 aromatic rings. The SMILES string of the molecule is CC[NH+](CC(=O)Nc1cccc(OC)c1)Cc1cc(F)ccc1OC. The van der Waals surface area contributed by atoms with E-state index in [2.05, 4.69) is 5.32 Å². The fourth-order valence-corrected chi connectivity index (χ4v) is 2.60. The van der Waals surface area contributed by atoms with Crippen molar-refractivity contribution >= 4 is 11.6 Å². The van der Waals surface area contributed by atoms with Crippen molar-refractivity contribution in [2.45, 2.75) is 13.5 Å². The van der Waals surface area contributed by atoms with E-state index in [0.717, 1.165) is 17.0 Å². The number of ether oxygens (including phenoxy) is 2. The van der Waals surface area contributed by atoms with Crippen molar-refractivity contribution in [2.24, 2.45) is 0 Å². The normalized spacial score (nSPS) is 11.7. The maximum absolute atomic E-state index is 13.5. The number of quaternary nitrogens is 1. The van der Waals surface area contributed by atoms with E-state index in [9.17, 15) is 9.18 Å². The Labute approximate surface area is 147 Å². The van der Waals surface area contributed by atoms with Crippen LogP contribution in [-0.4, -0.2) is 33.2 Å². The number of nitrogens with one attached hydrogen (secondary N) is 2. The van der Waals surface area contributed by atoms with Gasteiger partial charge in [0.25, 0.3) is 5.91 Å². The van der Waals surface area contributed by atoms with Crippen molar-refractivity contribution in [2.75, 3.05) is 32.6 Å². The highest BCUT2D eigenvalue weighted by molar-refractivity contribution is 5.91. The molecule has 2 rings (SSSR count). The van der Waals surface area contributed by atoms with Crippen LogP contribution in [0.4, 0.5) is 10.1 Å². The average molecular weight is 347 g/mol. The first kappa shape index (κ1) is 18.7. The van der Waals surface area contributed by atoms with Crippen LogP contribution in [0.25, 0.3) is 0 Å². The highest BCUT2D eigenvalue weighted by Gasteiger charge is 2.16. The number of carbonyl (C=O) groups is 1. The van der Waals surface area contributed by atoms with Crippen LogP contribution < -0.4 is 19.7 Å². The molecular weight excluding hydrogens is 323 g/mol. The molecule has 0 aliphatic carbocycles. The molecule has 0 aliphatic heterocycles. The molecule has 5 nitrogen and oxygen atoms in total. The maximum Gasteiger partial charge on any atom is 0.279 e. The molecular formula is C19H24FN2O3+. The van der Waals surface area contributed by atoms with Crippen LogP contribution in [0.3, 0.4) is 0 Å². The van der Waals surface area contributed by atoms with Crippen LogP contribution in [0.1, 0.15) is 12.5 Å². The molecule has 0 spiro atoms. The van der Waals surface area contributed by atoms with Crippen LogP contribution in [0.2, 0.25) is 0 Å². The van der Waals surface area contributed by atoms with E-state index in [4.69, 9.17) is 9.47 Å². The molecule has 134 valence electrons. The number of hydrogen-bond acceptors (Lipinski definition) is 3. The summed E-state index contributed by atoms with van der Waals surface area (Å²) in [4.78, 5) is 13.3. The van der Waals surface area contributed by atoms with Crippen LogP contribution in [0.5, 0.6) is 11.5 Å². The number of rotatable bonds is 8. The van der Waals surface area contributed by atoms with Gasteiger partial charge in [0.05, 0.1) is 26.3 Å². The first-order valence-corrected chi connectivity index (χ1v) is 8.15. The first-order valence-electron chi connectivity index (χ1n) is 8.15. The van der Waals surface area contributed by atoms with E-state index < -0.39 is 0 Å². The van der Waals surface area contributed by atoms with E-state index in [1.807, 2.05) is 25.1 Å². The molecule has 0 aromatic heterocycles. The number of benzene rings is 2. The van der Waals surface area contributed by atoms with E-state index in [-0.39, 0.29) is 18.3 Å². The summed E-state index contributed by atoms with van der Waals surface area (Å²) in [7, 11) is 3.13. The minimum absolute atomic E-state index is 0.111. The number of halogens is 1. The summed E-state index contributed by atoms with van der Waals surface area (Å²) >= 11 is 0. The molecule has 6 heteroatoms. The standard InChI is InChI=1S/C19H23FN2O3/c1-4-22(12-14-10-15(20)8-9-18(14)25-3)13-19(23)21-16-6-5-7-17(11-16)24-2/h5-11H,4,12-13H2,1-3H3,(H,21,23)/p+1. The number of amides is 1. The van der Waals surface area contributed by atoms with Gasteiger partial charge in [-0.3, -0.25) is 4.79 Å². The second-order valence-corrected chi connectivity index (χ2v) is 5.69. The second-order valence-electron chi connectivity index (χ2n) is 5.69. The minimum Gasteiger partial charge on any atom is -0.497 e. The lowest BCUT2D eigenvalue weighted by Gasteiger charge is -2.19. The zero-order chi connectivity index (χ0) is 18.2. The van der Waals surface area contributed by atoms with Gasteiger partial charge in [-0.2, -0.15) is 0 Å². The molecule has 1 amide bonds. The number of carbonyl (C=O) groups excluding carboxylic acids is 1. The highest BCUT2D eigenvalue weighted by atomic mass is 19.1. The molecule has 0 aliphatic rings. The molecule has 0 saturated heterocycles. The van der Waals surface area contributed by atoms with Gasteiger partial charge >= 0.3 is 0 Å². The predicted molar refractivity (Wildman–Crippen MR) is 94.7 cm³/mol. The minimum atomic E-state index is -0.313. The average Bonchev–Trinajstić information content (AvgIpc) is 2.61. The molecule has 25 heavy (non-hydrogen) atoms. The van der Waals surface area contributed by atoms with E-state index >= 15 is 0 Å². The van der Waals surface area contributed by atoms with Gasteiger partial charge in [-0.05, 0) is 37.3 Å². The topological polar surface area (TPSA) is 52.0 Å². The molecule has 2 aromatic carbocycles. The summed E-state index contributed by atoms with van der Waals surface area (Å²) in [5, 5.41) is 2.86. The van der Waals surface area contributed by atoms with Crippen molar-refractivity contribution in [1.29, 1.82) is 0 Å². The fourth-order valence-electron chi connectivity index (χ4n) is 2.60. The number of anilines is 1. The van der Waals surface area contributed by atoms with Crippen molar-refractivity contribution in [3.63, 3.8) is 0 Å². The van der Waals surface area contributed by atoms with Gasteiger partial charge in [-0.15, -0.1) is 0 Å². The monoisotopic (exact) mass is 347 g/mol. The van der Waals surface area contributed by atoms with Crippen molar-refractivity contribution < 1.29 is 23.6 Å². The summed E-state index contributed by atoms with van der Waals surface area (Å²) in [6.45, 7) is 3.49. The zero-order valence-corrected chi connectivity index (χ0v) is 14.8. The fraction of sp³-hybridized carbons (Fsp3) is 0.316. The van der Waals surface area contributed by atoms with Gasteiger partial charge in [-0.1, -0.05) is 6.07 Å². The third-order valence-corrected chi connectivity index (χ3v) is 3.95. The third kappa shape index (κ3) is 5.46. The Balaban J connectivity index is 2.01. The first-order chi connectivity index (χ1) is 12.0. The van der Waals surface area contributed by atoms with Gasteiger partial charge in [-0.25, -0.2) is 4.39 Å². The van der Waals surface area contributed by atoms with Crippen molar-refractivity contribution in [3.05, 3.63) is 53.8 Å². The molecule has 0 heterocycles. The molecule has 2 N–H and O–H groups in total. The Morgan fingerprint density at radius 1 is 1.16 bits per heavy atom. The summed E-state index contributed by atoms with van der Waals surface area (Å²) in [6, 6.07) is 11.6. The van der Waals surface area contributed by atoms with Crippen LogP contribution in [0.15, 0.2) is 42.5 Å². The van der Waals surface area contributed by atoms with Crippen molar-refractivity contribution in [3.8, 4) is 11.5 Å². The summed E-state index contributed by atoms with van der Waals surface area (Å²) in [5.74, 6) is 0.884. The van der Waals surface area contributed by atoms with Crippen LogP contribution in [0, 0.1) is 5.82 Å². The molecule has 0 radical (unpaired) electrons. The third-order valence-electron chi connectivity index (χ3n) is 3.95. The Kier molecular flexibility index (Phi) is 6.77. The lowest BCUT2D eigenvalue weighted by Crippen LogP contribution is -3.11. The predicted octanol–water partition coefficient (Wildman–Crippen LogP) is 1.89. The second kappa shape index (κ2) is 9.03. The van der Waals surface area contributed by atoms with E-state index in [0.29, 0.717) is 23.7 Å². The number of hydrogen-bond donors (Lipinski definition) is 2. The maximum atomic E-state index is 13.5. The zero-order valence-electron chi connectivity index (χ0n) is 14.8. The van der Waals surface area contributed by atoms with Crippen LogP contribution >= 0.6 is 0 Å². The molecule has 1 atom stereocenters. The summed E-state index contributed by atoms with van der Waals surface area (Å²) < 4.78 is 23.9. The van der Waals surface area contributed by atoms with Gasteiger partial charge in [0.2, 0.25) is 0 Å². The molecule has 0 fully saturated rings. The Morgan fingerprint density at radius 3 is 2.64 bits per heavy atom. The molecule has 0 bridgehead atoms. The van der Waals surface area contributed by atoms with E-state index in [1.165, 1.54) is 12.1 Å². The number of likely N-dealkylation sites (N-methyl/N-ethyl adjacent to an activating group) is 1. The lowest BCUT2D eigenvalue weighted by molar-refractivity contribution is -0.903. The number of methoxy groups -OCH3 is 2. The smallest absolute Gasteiger partial charge is 0.279 e.